The van der Waals surface area contributed by atoms with E-state index in [0.29, 0.717) is 0 Å². The lowest BCUT2D eigenvalue weighted by molar-refractivity contribution is 0.313. The third-order valence-corrected chi connectivity index (χ3v) is 4.30. The first-order valence-electron chi connectivity index (χ1n) is 6.03. The number of anilines is 1. The third kappa shape index (κ3) is 2.15. The van der Waals surface area contributed by atoms with Crippen molar-refractivity contribution in [2.24, 2.45) is 0 Å². The highest BCUT2D eigenvalue weighted by atomic mass is 32.1. The number of thiazole rings is 1. The minimum Gasteiger partial charge on any atom is -0.369 e. The number of fused-ring (bicyclic) bond motifs is 1. The molecule has 3 nitrogen and oxygen atoms in total. The van der Waals surface area contributed by atoms with Crippen LogP contribution in [0, 0.1) is 6.92 Å². The molecule has 1 fully saturated rings. The van der Waals surface area contributed by atoms with E-state index in [-0.39, 0.29) is 0 Å². The molecule has 0 saturated carbocycles. The molecule has 90 valence electrons. The predicted molar refractivity (Wildman–Crippen MR) is 74.1 cm³/mol. The Labute approximate surface area is 106 Å². The van der Waals surface area contributed by atoms with Crippen LogP contribution in [0.1, 0.15) is 5.01 Å². The highest BCUT2D eigenvalue weighted by Crippen LogP contribution is 2.26. The van der Waals surface area contributed by atoms with Gasteiger partial charge in [-0.1, -0.05) is 0 Å². The zero-order valence-electron chi connectivity index (χ0n) is 10.3. The fraction of sp³-hybridized carbons (Fsp3) is 0.462. The number of rotatable bonds is 1. The molecule has 1 aromatic heterocycles. The van der Waals surface area contributed by atoms with Crippen LogP contribution in [0.5, 0.6) is 0 Å². The SMILES string of the molecule is Cc1nc2cc(N3CCN(C)CC3)ccc2s1. The van der Waals surface area contributed by atoms with Gasteiger partial charge in [-0.2, -0.15) is 0 Å². The topological polar surface area (TPSA) is 19.4 Å². The quantitative estimate of drug-likeness (QED) is 0.771. The van der Waals surface area contributed by atoms with E-state index in [2.05, 4.69) is 47.0 Å². The Morgan fingerprint density at radius 2 is 1.94 bits per heavy atom. The average molecular weight is 247 g/mol. The maximum Gasteiger partial charge on any atom is 0.0907 e. The monoisotopic (exact) mass is 247 g/mol. The van der Waals surface area contributed by atoms with Crippen LogP contribution >= 0.6 is 11.3 Å². The molecule has 1 aliphatic heterocycles. The van der Waals surface area contributed by atoms with Crippen molar-refractivity contribution in [1.82, 2.24) is 9.88 Å². The molecule has 4 heteroatoms. The van der Waals surface area contributed by atoms with Gasteiger partial charge < -0.3 is 9.80 Å². The third-order valence-electron chi connectivity index (χ3n) is 3.35. The number of hydrogen-bond acceptors (Lipinski definition) is 4. The van der Waals surface area contributed by atoms with Crippen LogP contribution in [0.15, 0.2) is 18.2 Å². The molecule has 0 amide bonds. The zero-order chi connectivity index (χ0) is 11.8. The van der Waals surface area contributed by atoms with Crippen molar-refractivity contribution < 1.29 is 0 Å². The number of benzene rings is 1. The van der Waals surface area contributed by atoms with Gasteiger partial charge in [0.15, 0.2) is 0 Å². The number of hydrogen-bond donors (Lipinski definition) is 0. The molecule has 0 N–H and O–H groups in total. The molecule has 0 atom stereocenters. The molecule has 1 saturated heterocycles. The Hall–Kier alpha value is -1.13. The molecular weight excluding hydrogens is 230 g/mol. The minimum atomic E-state index is 1.12. The van der Waals surface area contributed by atoms with Gasteiger partial charge in [0.05, 0.1) is 15.2 Å². The molecule has 0 radical (unpaired) electrons. The normalized spacial score (nSPS) is 17.9. The Kier molecular flexibility index (Phi) is 2.76. The lowest BCUT2D eigenvalue weighted by atomic mass is 10.2. The van der Waals surface area contributed by atoms with Gasteiger partial charge in [0.2, 0.25) is 0 Å². The second kappa shape index (κ2) is 4.27. The van der Waals surface area contributed by atoms with Gasteiger partial charge in [-0.15, -0.1) is 11.3 Å². The summed E-state index contributed by atoms with van der Waals surface area (Å²) < 4.78 is 1.29. The molecule has 1 aliphatic rings. The van der Waals surface area contributed by atoms with E-state index in [4.69, 9.17) is 0 Å². The van der Waals surface area contributed by atoms with Crippen LogP contribution in [0.25, 0.3) is 10.2 Å². The molecule has 1 aromatic carbocycles. The van der Waals surface area contributed by atoms with E-state index in [1.807, 2.05) is 0 Å². The van der Waals surface area contributed by atoms with Crippen LogP contribution < -0.4 is 4.90 Å². The molecule has 2 aromatic rings. The van der Waals surface area contributed by atoms with Crippen molar-refractivity contribution in [1.29, 1.82) is 0 Å². The van der Waals surface area contributed by atoms with Crippen molar-refractivity contribution in [2.75, 3.05) is 38.1 Å². The Morgan fingerprint density at radius 3 is 2.71 bits per heavy atom. The number of piperazine rings is 1. The first kappa shape index (κ1) is 11.0. The fourth-order valence-electron chi connectivity index (χ4n) is 2.29. The van der Waals surface area contributed by atoms with E-state index in [9.17, 15) is 0 Å². The van der Waals surface area contributed by atoms with Gasteiger partial charge in [0.1, 0.15) is 0 Å². The summed E-state index contributed by atoms with van der Waals surface area (Å²) in [5, 5.41) is 1.15. The summed E-state index contributed by atoms with van der Waals surface area (Å²) in [6.07, 6.45) is 0. The summed E-state index contributed by atoms with van der Waals surface area (Å²) in [4.78, 5) is 9.39. The van der Waals surface area contributed by atoms with Crippen molar-refractivity contribution in [3.05, 3.63) is 23.2 Å². The average Bonchev–Trinajstić information content (AvgIpc) is 2.69. The van der Waals surface area contributed by atoms with Gasteiger partial charge in [0, 0.05) is 31.9 Å². The van der Waals surface area contributed by atoms with Crippen LogP contribution in [-0.4, -0.2) is 43.1 Å². The standard InChI is InChI=1S/C13H17N3S/c1-10-14-12-9-11(3-4-13(12)17-10)16-7-5-15(2)6-8-16/h3-4,9H,5-8H2,1-2H3. The summed E-state index contributed by atoms with van der Waals surface area (Å²) >= 11 is 1.77. The van der Waals surface area contributed by atoms with Crippen LogP contribution in [0.4, 0.5) is 5.69 Å². The molecule has 17 heavy (non-hydrogen) atoms. The number of aromatic nitrogens is 1. The predicted octanol–water partition coefficient (Wildman–Crippen LogP) is 2.36. The molecule has 0 spiro atoms. The Morgan fingerprint density at radius 1 is 1.18 bits per heavy atom. The summed E-state index contributed by atoms with van der Waals surface area (Å²) in [7, 11) is 2.18. The van der Waals surface area contributed by atoms with Gasteiger partial charge in [-0.25, -0.2) is 4.98 Å². The van der Waals surface area contributed by atoms with E-state index in [1.165, 1.54) is 10.4 Å². The maximum atomic E-state index is 4.57. The molecule has 3 rings (SSSR count). The first-order valence-corrected chi connectivity index (χ1v) is 6.85. The highest BCUT2D eigenvalue weighted by Gasteiger charge is 2.14. The molecule has 0 aliphatic carbocycles. The fourth-order valence-corrected chi connectivity index (χ4v) is 3.10. The summed E-state index contributed by atoms with van der Waals surface area (Å²) in [6, 6.07) is 6.66. The van der Waals surface area contributed by atoms with Crippen LogP contribution in [0.2, 0.25) is 0 Å². The lowest BCUT2D eigenvalue weighted by Crippen LogP contribution is -2.44. The zero-order valence-corrected chi connectivity index (χ0v) is 11.1. The van der Waals surface area contributed by atoms with E-state index in [0.717, 1.165) is 36.7 Å². The van der Waals surface area contributed by atoms with Crippen molar-refractivity contribution >= 4 is 27.2 Å². The number of nitrogens with zero attached hydrogens (tertiary/aromatic N) is 3. The Bertz CT molecular complexity index is 526. The van der Waals surface area contributed by atoms with Crippen molar-refractivity contribution in [3.8, 4) is 0 Å². The summed E-state index contributed by atoms with van der Waals surface area (Å²) in [5.41, 5.74) is 2.46. The number of aryl methyl sites for hydroxylation is 1. The second-order valence-electron chi connectivity index (χ2n) is 4.68. The van der Waals surface area contributed by atoms with E-state index < -0.39 is 0 Å². The van der Waals surface area contributed by atoms with Crippen LogP contribution in [-0.2, 0) is 0 Å². The smallest absolute Gasteiger partial charge is 0.0907 e. The first-order chi connectivity index (χ1) is 8.22. The lowest BCUT2D eigenvalue weighted by Gasteiger charge is -2.34. The molecular formula is C13H17N3S. The molecule has 0 unspecified atom stereocenters. The summed E-state index contributed by atoms with van der Waals surface area (Å²) in [6.45, 7) is 6.60. The summed E-state index contributed by atoms with van der Waals surface area (Å²) in [5.74, 6) is 0. The van der Waals surface area contributed by atoms with Gasteiger partial charge in [-0.05, 0) is 32.2 Å². The van der Waals surface area contributed by atoms with Crippen LogP contribution in [0.3, 0.4) is 0 Å². The largest absolute Gasteiger partial charge is 0.369 e. The van der Waals surface area contributed by atoms with Gasteiger partial charge in [-0.3, -0.25) is 0 Å². The maximum absolute atomic E-state index is 4.57. The van der Waals surface area contributed by atoms with Crippen molar-refractivity contribution in [2.45, 2.75) is 6.92 Å². The van der Waals surface area contributed by atoms with Gasteiger partial charge >= 0.3 is 0 Å². The van der Waals surface area contributed by atoms with Gasteiger partial charge in [0.25, 0.3) is 0 Å². The molecule has 2 heterocycles. The van der Waals surface area contributed by atoms with E-state index in [1.54, 1.807) is 11.3 Å². The Balaban J connectivity index is 1.89. The minimum absolute atomic E-state index is 1.12. The number of likely N-dealkylation sites (N-methyl/N-ethyl adjacent to an activating group) is 1. The molecule has 0 bridgehead atoms. The second-order valence-corrected chi connectivity index (χ2v) is 5.91. The van der Waals surface area contributed by atoms with E-state index >= 15 is 0 Å². The highest BCUT2D eigenvalue weighted by molar-refractivity contribution is 7.18. The van der Waals surface area contributed by atoms with Crippen molar-refractivity contribution in [3.63, 3.8) is 0 Å².